The monoisotopic (exact) mass is 535 g/mol. The van der Waals surface area contributed by atoms with Crippen molar-refractivity contribution in [1.82, 2.24) is 15.3 Å². The molecule has 36 heavy (non-hydrogen) atoms. The molecular formula is C25H33F2N5O2P2. The molecule has 2 aromatic heterocycles. The van der Waals surface area contributed by atoms with E-state index in [4.69, 9.17) is 9.72 Å². The van der Waals surface area contributed by atoms with E-state index < -0.39 is 17.9 Å². The number of halogens is 2. The van der Waals surface area contributed by atoms with Crippen molar-refractivity contribution in [3.63, 3.8) is 0 Å². The van der Waals surface area contributed by atoms with E-state index in [2.05, 4.69) is 49.7 Å². The lowest BCUT2D eigenvalue weighted by Gasteiger charge is -2.36. The minimum Gasteiger partial charge on any atom is -0.434 e. The van der Waals surface area contributed by atoms with Gasteiger partial charge in [0.15, 0.2) is 6.10 Å². The van der Waals surface area contributed by atoms with Crippen LogP contribution in [0.15, 0.2) is 24.4 Å². The first-order valence-corrected chi connectivity index (χ1v) is 13.6. The summed E-state index contributed by atoms with van der Waals surface area (Å²) in [5.41, 5.74) is -1.10. The predicted molar refractivity (Wildman–Crippen MR) is 144 cm³/mol. The fraction of sp³-hybridized carbons (Fsp3) is 0.560. The Labute approximate surface area is 215 Å². The Kier molecular flexibility index (Phi) is 6.95. The third-order valence-electron chi connectivity index (χ3n) is 7.65. The van der Waals surface area contributed by atoms with E-state index in [1.165, 1.54) is 28.3 Å². The minimum absolute atomic E-state index is 0.0739. The van der Waals surface area contributed by atoms with Gasteiger partial charge in [-0.25, -0.2) is 14.8 Å². The molecule has 0 bridgehead atoms. The number of nitrogens with zero attached hydrogens (tertiary/aromatic N) is 3. The molecule has 4 heterocycles. The highest BCUT2D eigenvalue weighted by Gasteiger charge is 2.45. The zero-order valence-corrected chi connectivity index (χ0v) is 22.9. The first-order chi connectivity index (χ1) is 17.0. The van der Waals surface area contributed by atoms with Crippen molar-refractivity contribution >= 4 is 36.2 Å². The molecule has 7 nitrogen and oxygen atoms in total. The summed E-state index contributed by atoms with van der Waals surface area (Å²) in [6, 6.07) is 6.14. The fourth-order valence-electron chi connectivity index (χ4n) is 5.65. The number of pyridine rings is 2. The number of anilines is 2. The molecule has 2 aliphatic heterocycles. The van der Waals surface area contributed by atoms with Gasteiger partial charge in [0.2, 0.25) is 0 Å². The highest BCUT2D eigenvalue weighted by molar-refractivity contribution is 7.18. The van der Waals surface area contributed by atoms with Gasteiger partial charge >= 0.3 is 6.09 Å². The van der Waals surface area contributed by atoms with Crippen LogP contribution in [0.1, 0.15) is 56.8 Å². The van der Waals surface area contributed by atoms with Gasteiger partial charge in [-0.05, 0) is 49.4 Å². The van der Waals surface area contributed by atoms with Crippen LogP contribution in [0.3, 0.4) is 0 Å². The normalized spacial score (nSPS) is 24.6. The van der Waals surface area contributed by atoms with Crippen molar-refractivity contribution in [3.05, 3.63) is 35.5 Å². The van der Waals surface area contributed by atoms with E-state index in [0.29, 0.717) is 23.2 Å². The highest BCUT2D eigenvalue weighted by atomic mass is 31.0. The minimum atomic E-state index is -3.38. The molecule has 5 rings (SSSR count). The SMILES string of the molecule is C[C@H]1CN(c2cc(C(C)(P)C3CCCC3)cc(-c3ccnc4c3C(C(F)(F)P)OC(=O)N4)n2)CCN1. The van der Waals surface area contributed by atoms with Gasteiger partial charge < -0.3 is 15.0 Å². The van der Waals surface area contributed by atoms with E-state index in [-0.39, 0.29) is 16.5 Å². The first-order valence-electron chi connectivity index (χ1n) is 12.5. The summed E-state index contributed by atoms with van der Waals surface area (Å²) < 4.78 is 34.3. The number of piperazine rings is 1. The summed E-state index contributed by atoms with van der Waals surface area (Å²) in [7, 11) is 4.56. The number of ether oxygens (including phenoxy) is 1. The molecule has 1 amide bonds. The number of carbonyl (C=O) groups is 1. The van der Waals surface area contributed by atoms with Gasteiger partial charge in [-0.2, -0.15) is 8.78 Å². The molecule has 0 spiro atoms. The smallest absolute Gasteiger partial charge is 0.413 e. The zero-order chi connectivity index (χ0) is 25.7. The average molecular weight is 536 g/mol. The van der Waals surface area contributed by atoms with Crippen LogP contribution in [0.5, 0.6) is 0 Å². The van der Waals surface area contributed by atoms with Crippen molar-refractivity contribution in [3.8, 4) is 11.3 Å². The Bertz CT molecular complexity index is 1150. The summed E-state index contributed by atoms with van der Waals surface area (Å²) >= 11 is 0. The Morgan fingerprint density at radius 1 is 1.22 bits per heavy atom. The zero-order valence-electron chi connectivity index (χ0n) is 20.6. The maximum Gasteiger partial charge on any atom is 0.413 e. The van der Waals surface area contributed by atoms with Crippen LogP contribution in [-0.4, -0.2) is 47.4 Å². The largest absolute Gasteiger partial charge is 0.434 e. The maximum atomic E-state index is 14.6. The summed E-state index contributed by atoms with van der Waals surface area (Å²) in [4.78, 5) is 23.4. The molecule has 11 heteroatoms. The van der Waals surface area contributed by atoms with Gasteiger partial charge in [0, 0.05) is 42.6 Å². The number of fused-ring (bicyclic) bond motifs is 1. The van der Waals surface area contributed by atoms with E-state index in [9.17, 15) is 13.6 Å². The highest BCUT2D eigenvalue weighted by Crippen LogP contribution is 2.50. The molecule has 0 aromatic carbocycles. The van der Waals surface area contributed by atoms with E-state index >= 15 is 0 Å². The van der Waals surface area contributed by atoms with Crippen molar-refractivity contribution in [1.29, 1.82) is 0 Å². The maximum absolute atomic E-state index is 14.6. The van der Waals surface area contributed by atoms with Crippen LogP contribution in [0.2, 0.25) is 0 Å². The lowest BCUT2D eigenvalue weighted by molar-refractivity contribution is -0.0441. The number of rotatable bonds is 5. The van der Waals surface area contributed by atoms with Crippen molar-refractivity contribution in [2.45, 2.75) is 62.5 Å². The molecule has 5 atom stereocenters. The molecule has 3 aliphatic rings. The molecular weight excluding hydrogens is 502 g/mol. The van der Waals surface area contributed by atoms with Crippen LogP contribution in [0.25, 0.3) is 11.3 Å². The molecule has 2 fully saturated rings. The number of alkyl halides is 2. The number of nitrogens with one attached hydrogen (secondary N) is 2. The number of amides is 1. The van der Waals surface area contributed by atoms with Crippen LogP contribution in [0.4, 0.5) is 25.2 Å². The van der Waals surface area contributed by atoms with Crippen LogP contribution in [-0.2, 0) is 9.89 Å². The second-order valence-corrected chi connectivity index (χ2v) is 12.3. The second-order valence-electron chi connectivity index (χ2n) is 10.4. The Morgan fingerprint density at radius 3 is 2.67 bits per heavy atom. The van der Waals surface area contributed by atoms with Crippen molar-refractivity contribution in [2.75, 3.05) is 29.9 Å². The van der Waals surface area contributed by atoms with Crippen LogP contribution >= 0.6 is 18.5 Å². The molecule has 0 radical (unpaired) electrons. The second kappa shape index (κ2) is 9.74. The quantitative estimate of drug-likeness (QED) is 0.507. The third kappa shape index (κ3) is 4.94. The lowest BCUT2D eigenvalue weighted by atomic mass is 9.84. The molecule has 4 unspecified atom stereocenters. The van der Waals surface area contributed by atoms with Gasteiger partial charge in [-0.15, -0.1) is 9.24 Å². The van der Waals surface area contributed by atoms with Gasteiger partial charge in [-0.1, -0.05) is 29.0 Å². The number of aromatic nitrogens is 2. The molecule has 2 N–H and O–H groups in total. The Balaban J connectivity index is 1.68. The summed E-state index contributed by atoms with van der Waals surface area (Å²) in [5, 5.41) is 5.75. The number of hydrogen-bond acceptors (Lipinski definition) is 6. The van der Waals surface area contributed by atoms with Crippen molar-refractivity contribution in [2.24, 2.45) is 5.92 Å². The molecule has 1 saturated heterocycles. The van der Waals surface area contributed by atoms with Crippen molar-refractivity contribution < 1.29 is 18.3 Å². The number of hydrogen-bond donors (Lipinski definition) is 2. The van der Waals surface area contributed by atoms with Gasteiger partial charge in [0.25, 0.3) is 5.66 Å². The summed E-state index contributed by atoms with van der Waals surface area (Å²) in [5.74, 6) is 1.40. The predicted octanol–water partition coefficient (Wildman–Crippen LogP) is 5.29. The van der Waals surface area contributed by atoms with Gasteiger partial charge in [-0.3, -0.25) is 5.32 Å². The number of cyclic esters (lactones) is 1. The van der Waals surface area contributed by atoms with Crippen LogP contribution in [0, 0.1) is 5.92 Å². The van der Waals surface area contributed by atoms with Crippen LogP contribution < -0.4 is 15.5 Å². The molecule has 1 aliphatic carbocycles. The van der Waals surface area contributed by atoms with E-state index in [0.717, 1.165) is 43.9 Å². The number of carbonyl (C=O) groups excluding carboxylic acids is 1. The standard InChI is InChI=1S/C25H33F2N5O2P2/c1-14-13-32(10-9-28-14)19-12-16(24(2,35)15-5-3-4-6-15)11-18(30-19)17-7-8-29-22-20(17)21(25(26,27)36)34-23(33)31-22/h7-8,11-12,14-15,21,28H,3-6,9-10,13,35-36H2,1-2H3,(H,29,31,33)/t14-,21?,24?/m0/s1. The molecule has 194 valence electrons. The summed E-state index contributed by atoms with van der Waals surface area (Å²) in [6.45, 7) is 6.82. The topological polar surface area (TPSA) is 79.4 Å². The fourth-order valence-corrected chi connectivity index (χ4v) is 6.39. The molecule has 2 aromatic rings. The Morgan fingerprint density at radius 2 is 1.97 bits per heavy atom. The summed E-state index contributed by atoms with van der Waals surface area (Å²) in [6.07, 6.45) is 3.52. The van der Waals surface area contributed by atoms with E-state index in [1.54, 1.807) is 6.07 Å². The first kappa shape index (κ1) is 25.7. The van der Waals surface area contributed by atoms with Gasteiger partial charge in [0.05, 0.1) is 11.3 Å². The Hall–Kier alpha value is -1.95. The van der Waals surface area contributed by atoms with Gasteiger partial charge in [0.1, 0.15) is 11.6 Å². The average Bonchev–Trinajstić information content (AvgIpc) is 3.38. The lowest BCUT2D eigenvalue weighted by Crippen LogP contribution is -2.49. The van der Waals surface area contributed by atoms with E-state index in [1.807, 2.05) is 6.07 Å². The third-order valence-corrected chi connectivity index (χ3v) is 8.76. The molecule has 1 saturated carbocycles.